The number of fused-ring (bicyclic) bond motifs is 1. The third-order valence-electron chi connectivity index (χ3n) is 8.56. The van der Waals surface area contributed by atoms with E-state index in [-0.39, 0.29) is 6.54 Å². The van der Waals surface area contributed by atoms with Crippen molar-refractivity contribution in [2.75, 3.05) is 39.3 Å². The van der Waals surface area contributed by atoms with Gasteiger partial charge >= 0.3 is 0 Å². The fraction of sp³-hybridized carbons (Fsp3) is 0.486. The van der Waals surface area contributed by atoms with Crippen LogP contribution in [0.5, 0.6) is 11.5 Å². The van der Waals surface area contributed by atoms with E-state index < -0.39 is 50.4 Å². The molecule has 0 saturated carbocycles. The van der Waals surface area contributed by atoms with Gasteiger partial charge in [-0.15, -0.1) is 0 Å². The summed E-state index contributed by atoms with van der Waals surface area (Å²) in [6.07, 6.45) is -3.11. The number of ether oxygens (including phenoxy) is 6. The number of hydrogen-bond donors (Lipinski definition) is 2. The molecule has 1 radical (unpaired) electrons. The van der Waals surface area contributed by atoms with Crippen LogP contribution in [-0.4, -0.2) is 84.1 Å². The number of nitrogens with one attached hydrogen (secondary N) is 1. The molecule has 0 aliphatic carbocycles. The normalized spacial score (nSPS) is 26.3. The lowest BCUT2D eigenvalue weighted by Gasteiger charge is -2.55. The van der Waals surface area contributed by atoms with Crippen LogP contribution in [0.2, 0.25) is 0 Å². The Labute approximate surface area is 268 Å². The Morgan fingerprint density at radius 2 is 1.36 bits per heavy atom. The van der Waals surface area contributed by atoms with Crippen molar-refractivity contribution in [1.82, 2.24) is 0 Å². The summed E-state index contributed by atoms with van der Waals surface area (Å²) in [5.74, 6) is -1.26. The summed E-state index contributed by atoms with van der Waals surface area (Å²) in [6, 6.07) is 26.2. The van der Waals surface area contributed by atoms with E-state index in [9.17, 15) is 5.11 Å². The fourth-order valence-electron chi connectivity index (χ4n) is 5.70. The zero-order valence-corrected chi connectivity index (χ0v) is 28.2. The van der Waals surface area contributed by atoms with Crippen molar-refractivity contribution < 1.29 is 38.0 Å². The highest BCUT2D eigenvalue weighted by Crippen LogP contribution is 2.44. The van der Waals surface area contributed by atoms with E-state index in [2.05, 4.69) is 50.4 Å². The Kier molecular flexibility index (Phi) is 10.2. The van der Waals surface area contributed by atoms with Crippen LogP contribution in [0.3, 0.4) is 0 Å². The van der Waals surface area contributed by atoms with Crippen LogP contribution in [0.1, 0.15) is 34.6 Å². The lowest BCUT2D eigenvalue weighted by Crippen LogP contribution is -2.71. The first-order chi connectivity index (χ1) is 21.5. The predicted octanol–water partition coefficient (Wildman–Crippen LogP) is 3.98. The van der Waals surface area contributed by atoms with Crippen LogP contribution in [0, 0.1) is 5.41 Å². The Morgan fingerprint density at radius 1 is 0.822 bits per heavy atom. The zero-order valence-electron chi connectivity index (χ0n) is 27.2. The van der Waals surface area contributed by atoms with Crippen LogP contribution in [0.4, 0.5) is 5.69 Å². The molecule has 2 aliphatic heterocycles. The molecule has 10 heteroatoms. The number of hydrogen-bond acceptors (Lipinski definition) is 9. The summed E-state index contributed by atoms with van der Waals surface area (Å²) in [7, 11) is 1.36. The molecule has 1 fully saturated rings. The number of methoxy groups -OCH3 is 2. The number of aliphatic hydroxyl groups is 1. The Balaban J connectivity index is 1.48. The highest BCUT2D eigenvalue weighted by Gasteiger charge is 2.60. The topological polar surface area (TPSA) is 96.9 Å². The van der Waals surface area contributed by atoms with Crippen molar-refractivity contribution in [2.24, 2.45) is 5.41 Å². The summed E-state index contributed by atoms with van der Waals surface area (Å²) in [4.78, 5) is 0. The first kappa shape index (κ1) is 33.4. The van der Waals surface area contributed by atoms with Gasteiger partial charge in [-0.1, -0.05) is 81.4 Å². The molecule has 0 amide bonds. The molecule has 2 aliphatic rings. The second-order valence-corrected chi connectivity index (χ2v) is 14.8. The second-order valence-electron chi connectivity index (χ2n) is 12.7. The van der Waals surface area contributed by atoms with Crippen molar-refractivity contribution >= 4 is 25.1 Å². The Morgan fingerprint density at radius 3 is 1.89 bits per heavy atom. The van der Waals surface area contributed by atoms with E-state index in [0.717, 1.165) is 16.1 Å². The summed E-state index contributed by atoms with van der Waals surface area (Å²) in [5, 5.41) is 17.4. The molecule has 1 saturated heterocycles. The highest BCUT2D eigenvalue weighted by atomic mass is 28.3. The lowest BCUT2D eigenvalue weighted by molar-refractivity contribution is -0.460. The lowest BCUT2D eigenvalue weighted by atomic mass is 9.82. The molecule has 9 nitrogen and oxygen atoms in total. The quantitative estimate of drug-likeness (QED) is 0.303. The van der Waals surface area contributed by atoms with Gasteiger partial charge in [0.05, 0.1) is 6.10 Å². The maximum Gasteiger partial charge on any atom is 0.283 e. The zero-order chi connectivity index (χ0) is 32.2. The van der Waals surface area contributed by atoms with Gasteiger partial charge in [0.2, 0.25) is 11.6 Å². The largest absolute Gasteiger partial charge is 0.486 e. The first-order valence-corrected chi connectivity index (χ1v) is 16.8. The van der Waals surface area contributed by atoms with Gasteiger partial charge in [-0.25, -0.2) is 0 Å². The van der Waals surface area contributed by atoms with Gasteiger partial charge in [0.1, 0.15) is 31.5 Å². The highest BCUT2D eigenvalue weighted by molar-refractivity contribution is 6.80. The standard InChI is InChI=1S/C35H46NO8Si/c1-33(2,3)32(44-45(25-14-10-8-11-15-25)26-16-12-9-13-17-26)31-30(42-34(4,38-6)35(5,39-7)43-31)27(37)23-36-24-18-19-28-29(22-24)41-21-20-40-28/h8-19,22,27,30-32,36-37H,20-21,23H2,1-7H3/t27-,30+,31+,32?,34-,35-/m1/s1. The van der Waals surface area contributed by atoms with Crippen LogP contribution in [0.15, 0.2) is 78.9 Å². The smallest absolute Gasteiger partial charge is 0.283 e. The predicted molar refractivity (Wildman–Crippen MR) is 175 cm³/mol. The molecule has 6 atom stereocenters. The Hall–Kier alpha value is -2.96. The second kappa shape index (κ2) is 13.8. The minimum Gasteiger partial charge on any atom is -0.486 e. The molecule has 2 N–H and O–H groups in total. The van der Waals surface area contributed by atoms with Gasteiger partial charge < -0.3 is 43.3 Å². The van der Waals surface area contributed by atoms with Gasteiger partial charge in [0.25, 0.3) is 9.04 Å². The monoisotopic (exact) mass is 636 g/mol. The third-order valence-corrected chi connectivity index (χ3v) is 10.8. The van der Waals surface area contributed by atoms with Crippen molar-refractivity contribution in [2.45, 2.75) is 70.6 Å². The maximum atomic E-state index is 11.8. The van der Waals surface area contributed by atoms with Gasteiger partial charge in [-0.2, -0.15) is 0 Å². The summed E-state index contributed by atoms with van der Waals surface area (Å²) >= 11 is 0. The van der Waals surface area contributed by atoms with E-state index in [1.165, 1.54) is 0 Å². The number of rotatable bonds is 11. The summed E-state index contributed by atoms with van der Waals surface area (Å²) in [5.41, 5.74) is 0.356. The van der Waals surface area contributed by atoms with Crippen LogP contribution < -0.4 is 25.2 Å². The maximum absolute atomic E-state index is 11.8. The molecular weight excluding hydrogens is 590 g/mol. The molecule has 45 heavy (non-hydrogen) atoms. The molecule has 2 heterocycles. The SMILES string of the molecule is CO[C@]1(C)O[C@@H]([C@H](O)CNc2ccc3c(c2)OCCO3)[C@@H](C(O[Si](c2ccccc2)c2ccccc2)C(C)(C)C)O[C@@]1(C)OC. The molecule has 0 spiro atoms. The van der Waals surface area contributed by atoms with Crippen molar-refractivity contribution in [3.05, 3.63) is 78.9 Å². The Bertz CT molecular complexity index is 1350. The minimum atomic E-state index is -1.75. The summed E-state index contributed by atoms with van der Waals surface area (Å²) in [6.45, 7) is 11.1. The van der Waals surface area contributed by atoms with E-state index >= 15 is 0 Å². The van der Waals surface area contributed by atoms with E-state index in [0.29, 0.717) is 24.7 Å². The van der Waals surface area contributed by atoms with E-state index in [1.54, 1.807) is 28.1 Å². The molecule has 243 valence electrons. The van der Waals surface area contributed by atoms with Gasteiger partial charge in [0, 0.05) is 32.5 Å². The third kappa shape index (κ3) is 7.22. The molecule has 3 aromatic rings. The molecular formula is C35H46NO8Si. The van der Waals surface area contributed by atoms with Crippen LogP contribution >= 0.6 is 0 Å². The minimum absolute atomic E-state index is 0.166. The van der Waals surface area contributed by atoms with Crippen LogP contribution in [-0.2, 0) is 23.4 Å². The van der Waals surface area contributed by atoms with Crippen molar-refractivity contribution in [3.63, 3.8) is 0 Å². The first-order valence-electron chi connectivity index (χ1n) is 15.4. The number of benzene rings is 3. The molecule has 1 unspecified atom stereocenters. The number of anilines is 1. The molecule has 0 aromatic heterocycles. The van der Waals surface area contributed by atoms with Gasteiger partial charge in [-0.3, -0.25) is 0 Å². The van der Waals surface area contributed by atoms with Gasteiger partial charge in [-0.05, 0) is 41.8 Å². The fourth-order valence-corrected chi connectivity index (χ4v) is 8.04. The average molecular weight is 637 g/mol. The van der Waals surface area contributed by atoms with Crippen LogP contribution in [0.25, 0.3) is 0 Å². The molecule has 5 rings (SSSR count). The van der Waals surface area contributed by atoms with E-state index in [1.807, 2.05) is 54.6 Å². The van der Waals surface area contributed by atoms with E-state index in [4.69, 9.17) is 32.8 Å². The van der Waals surface area contributed by atoms with Crippen molar-refractivity contribution in [1.29, 1.82) is 0 Å². The average Bonchev–Trinajstić information content (AvgIpc) is 3.05. The summed E-state index contributed by atoms with van der Waals surface area (Å²) < 4.78 is 43.9. The van der Waals surface area contributed by atoms with Crippen molar-refractivity contribution in [3.8, 4) is 11.5 Å². The molecule has 3 aromatic carbocycles. The van der Waals surface area contributed by atoms with Gasteiger partial charge in [0.15, 0.2) is 11.5 Å². The molecule has 0 bridgehead atoms. The number of aliphatic hydroxyl groups excluding tert-OH is 1.